The number of rotatable bonds is 6. The summed E-state index contributed by atoms with van der Waals surface area (Å²) in [6.45, 7) is -2.82. The van der Waals surface area contributed by atoms with Gasteiger partial charge in [-0.15, -0.1) is 0 Å². The van der Waals surface area contributed by atoms with Crippen LogP contribution in [0.1, 0.15) is 0 Å². The van der Waals surface area contributed by atoms with E-state index in [1.165, 1.54) is 0 Å². The van der Waals surface area contributed by atoms with Crippen molar-refractivity contribution in [2.75, 3.05) is 26.4 Å². The third-order valence-electron chi connectivity index (χ3n) is 4.63. The molecule has 26 heavy (non-hydrogen) atoms. The van der Waals surface area contributed by atoms with E-state index in [4.69, 9.17) is 33.6 Å². The molecular weight excluding hydrogens is 386 g/mol. The van der Waals surface area contributed by atoms with Crippen LogP contribution in [0.15, 0.2) is 0 Å². The molecule has 0 radical (unpaired) electrons. The predicted octanol–water partition coefficient (Wildman–Crippen LogP) is -5.74. The molecule has 3 heterocycles. The second-order valence-electron chi connectivity index (χ2n) is 6.12. The van der Waals surface area contributed by atoms with Crippen LogP contribution in [-0.4, -0.2) is 155 Å². The van der Waals surface area contributed by atoms with Crippen LogP contribution >= 0.6 is 0 Å². The molecule has 0 bridgehead atoms. The van der Waals surface area contributed by atoms with E-state index in [1.807, 2.05) is 0 Å². The molecule has 144 valence electrons. The summed E-state index contributed by atoms with van der Waals surface area (Å²) in [5.41, 5.74) is 0. The van der Waals surface area contributed by atoms with Gasteiger partial charge in [-0.05, 0) is 0 Å². The smallest absolute Gasteiger partial charge is 0.394 e. The van der Waals surface area contributed by atoms with Crippen molar-refractivity contribution in [2.24, 2.45) is 0 Å². The molecular formula is C12H21BCaO12+2. The van der Waals surface area contributed by atoms with Gasteiger partial charge in [-0.3, -0.25) is 0 Å². The molecule has 0 aromatic carbocycles. The number of hydrogen-bond donors (Lipinski definition) is 7. The zero-order chi connectivity index (χ0) is 18.4. The fourth-order valence-corrected chi connectivity index (χ4v) is 3.23. The monoisotopic (exact) mass is 407 g/mol. The second-order valence-corrected chi connectivity index (χ2v) is 6.12. The number of aliphatic hydroxyl groups excluding tert-OH is 7. The fraction of sp³-hybridized carbons (Fsp3) is 1.00. The van der Waals surface area contributed by atoms with Gasteiger partial charge in [0.1, 0.15) is 36.6 Å². The van der Waals surface area contributed by atoms with Crippen molar-refractivity contribution in [1.29, 1.82) is 0 Å². The molecule has 12 nitrogen and oxygen atoms in total. The molecule has 8 atom stereocenters. The van der Waals surface area contributed by atoms with Crippen LogP contribution in [0.3, 0.4) is 0 Å². The van der Waals surface area contributed by atoms with Crippen LogP contribution in [0, 0.1) is 0 Å². The zero-order valence-electron chi connectivity index (χ0n) is 13.7. The third-order valence-corrected chi connectivity index (χ3v) is 4.63. The average Bonchev–Trinajstić information content (AvgIpc) is 3.19. The molecule has 0 amide bonds. The van der Waals surface area contributed by atoms with E-state index < -0.39 is 81.9 Å². The Morgan fingerprint density at radius 1 is 0.885 bits per heavy atom. The summed E-state index contributed by atoms with van der Waals surface area (Å²) in [5, 5.41) is 67.4. The van der Waals surface area contributed by atoms with Crippen LogP contribution in [0.25, 0.3) is 0 Å². The Hall–Kier alpha value is 0.845. The van der Waals surface area contributed by atoms with Crippen molar-refractivity contribution < 1.29 is 59.2 Å². The van der Waals surface area contributed by atoms with E-state index in [-0.39, 0.29) is 37.7 Å². The standard InChI is InChI=1S/C12H21BO12.Ca/c14-1-5-7(18)9(20)11(3-16,21-5)24-13-23-10-8(19)6(2-15)22-12(10,4-17)25-13;/h5-10,14-20H,1-4H2;/q;+2/t5-,6-,7-,8-,9+,10-,11+,12+;/m1./s1/i13-1;. The molecule has 7 N–H and O–H groups in total. The molecule has 0 unspecified atom stereocenters. The Kier molecular flexibility index (Phi) is 7.73. The summed E-state index contributed by atoms with van der Waals surface area (Å²) in [5.74, 6) is -3.97. The van der Waals surface area contributed by atoms with Crippen molar-refractivity contribution >= 4 is 45.1 Å². The van der Waals surface area contributed by atoms with Crippen molar-refractivity contribution in [3.63, 3.8) is 0 Å². The summed E-state index contributed by atoms with van der Waals surface area (Å²) < 4.78 is 26.5. The molecule has 3 rings (SSSR count). The predicted molar refractivity (Wildman–Crippen MR) is 80.1 cm³/mol. The van der Waals surface area contributed by atoms with Gasteiger partial charge in [0.2, 0.25) is 11.6 Å². The summed E-state index contributed by atoms with van der Waals surface area (Å²) in [7, 11) is -1.64. The summed E-state index contributed by atoms with van der Waals surface area (Å²) in [6, 6.07) is 0. The summed E-state index contributed by atoms with van der Waals surface area (Å²) >= 11 is 0. The van der Waals surface area contributed by atoms with Crippen molar-refractivity contribution in [3.05, 3.63) is 0 Å². The van der Waals surface area contributed by atoms with Gasteiger partial charge in [-0.25, -0.2) is 0 Å². The number of ether oxygens (including phenoxy) is 2. The van der Waals surface area contributed by atoms with Gasteiger partial charge in [0.15, 0.2) is 0 Å². The minimum atomic E-state index is -2.16. The Balaban J connectivity index is 0.00000243. The van der Waals surface area contributed by atoms with Crippen LogP contribution in [0.2, 0.25) is 0 Å². The number of hydrogen-bond acceptors (Lipinski definition) is 12. The molecule has 0 spiro atoms. The van der Waals surface area contributed by atoms with E-state index in [2.05, 4.69) is 0 Å². The van der Waals surface area contributed by atoms with E-state index >= 15 is 0 Å². The van der Waals surface area contributed by atoms with Gasteiger partial charge in [0.25, 0.3) is 0 Å². The maximum atomic E-state index is 10.1. The van der Waals surface area contributed by atoms with Crippen LogP contribution in [0.5, 0.6) is 0 Å². The van der Waals surface area contributed by atoms with Gasteiger partial charge in [-0.1, -0.05) is 0 Å². The van der Waals surface area contributed by atoms with Gasteiger partial charge in [0.05, 0.1) is 26.4 Å². The van der Waals surface area contributed by atoms with Gasteiger partial charge in [-0.2, -0.15) is 0 Å². The topological polar surface area (TPSA) is 188 Å². The number of fused-ring (bicyclic) bond motifs is 1. The Morgan fingerprint density at radius 3 is 1.96 bits per heavy atom. The van der Waals surface area contributed by atoms with Crippen LogP contribution in [-0.2, 0) is 23.4 Å². The minimum Gasteiger partial charge on any atom is -0.394 e. The van der Waals surface area contributed by atoms with Gasteiger partial charge in [0, 0.05) is 0 Å². The van der Waals surface area contributed by atoms with Crippen LogP contribution < -0.4 is 0 Å². The molecule has 3 aliphatic heterocycles. The first-order valence-corrected chi connectivity index (χ1v) is 7.70. The molecule has 0 aromatic heterocycles. The number of aliphatic hydroxyl groups is 7. The normalized spacial score (nSPS) is 47.9. The molecule has 14 heteroatoms. The summed E-state index contributed by atoms with van der Waals surface area (Å²) in [4.78, 5) is 0. The summed E-state index contributed by atoms with van der Waals surface area (Å²) in [6.07, 6.45) is -8.07. The van der Waals surface area contributed by atoms with E-state index in [0.717, 1.165) is 0 Å². The van der Waals surface area contributed by atoms with Crippen molar-refractivity contribution in [1.82, 2.24) is 0 Å². The Bertz CT molecular complexity index is 489. The minimum absolute atomic E-state index is 0. The van der Waals surface area contributed by atoms with Gasteiger partial charge < -0.3 is 59.2 Å². The third kappa shape index (κ3) is 3.58. The zero-order valence-corrected chi connectivity index (χ0v) is 16.0. The van der Waals surface area contributed by atoms with E-state index in [9.17, 15) is 25.5 Å². The fourth-order valence-electron chi connectivity index (χ4n) is 3.23. The second kappa shape index (κ2) is 8.69. The Morgan fingerprint density at radius 2 is 1.50 bits per heavy atom. The van der Waals surface area contributed by atoms with Gasteiger partial charge >= 0.3 is 45.1 Å². The SMILES string of the molecule is OC[C@H]1O[C@@](CO)(O[10B]2O[C@@H]3[C@H](O)[C@@H](CO)O[C@@]3(CO)O2)[C@@H](O)[C@@H]1O.[Ca+2]. The largest absolute Gasteiger partial charge is 2.00 e. The molecule has 0 saturated carbocycles. The Labute approximate surface area is 178 Å². The van der Waals surface area contributed by atoms with Crippen LogP contribution in [0.4, 0.5) is 0 Å². The van der Waals surface area contributed by atoms with E-state index in [0.29, 0.717) is 0 Å². The maximum absolute atomic E-state index is 10.1. The average molecular weight is 407 g/mol. The quantitative estimate of drug-likeness (QED) is 0.207. The van der Waals surface area contributed by atoms with Crippen molar-refractivity contribution in [2.45, 2.75) is 48.2 Å². The van der Waals surface area contributed by atoms with Crippen molar-refractivity contribution in [3.8, 4) is 0 Å². The molecule has 0 aromatic rings. The first kappa shape index (κ1) is 23.1. The van der Waals surface area contributed by atoms with E-state index in [1.54, 1.807) is 0 Å². The molecule has 3 aliphatic rings. The molecule has 3 saturated heterocycles. The maximum Gasteiger partial charge on any atom is 2.00 e. The first-order valence-electron chi connectivity index (χ1n) is 7.70. The molecule has 0 aliphatic carbocycles. The molecule has 3 fully saturated rings. The first-order chi connectivity index (χ1) is 11.9.